The van der Waals surface area contributed by atoms with Crippen LogP contribution in [0.3, 0.4) is 0 Å². The number of nitrogen functional groups attached to an aromatic ring is 1. The molecule has 2 nitrogen and oxygen atoms in total. The van der Waals surface area contributed by atoms with Crippen LogP contribution in [0.5, 0.6) is 0 Å². The summed E-state index contributed by atoms with van der Waals surface area (Å²) in [6.45, 7) is 4.20. The number of likely N-dealkylation sites (tertiary alicyclic amines) is 1. The van der Waals surface area contributed by atoms with Crippen LogP contribution >= 0.6 is 0 Å². The lowest BCUT2D eigenvalue weighted by Gasteiger charge is -2.21. The van der Waals surface area contributed by atoms with Crippen LogP contribution < -0.4 is 5.73 Å². The van der Waals surface area contributed by atoms with E-state index in [1.54, 1.807) is 12.1 Å². The van der Waals surface area contributed by atoms with Crippen LogP contribution in [0, 0.1) is 5.82 Å². The van der Waals surface area contributed by atoms with Gasteiger partial charge in [-0.15, -0.1) is 0 Å². The van der Waals surface area contributed by atoms with Crippen molar-refractivity contribution in [2.45, 2.75) is 31.8 Å². The highest BCUT2D eigenvalue weighted by molar-refractivity contribution is 5.40. The summed E-state index contributed by atoms with van der Waals surface area (Å²) in [6, 6.07) is 15.5. The summed E-state index contributed by atoms with van der Waals surface area (Å²) in [5, 5.41) is 0. The van der Waals surface area contributed by atoms with Crippen molar-refractivity contribution >= 4 is 5.69 Å². The first-order valence-electron chi connectivity index (χ1n) is 7.46. The first-order valence-corrected chi connectivity index (χ1v) is 7.46. The molecule has 1 heterocycles. The van der Waals surface area contributed by atoms with E-state index in [0.717, 1.165) is 25.2 Å². The van der Waals surface area contributed by atoms with Crippen LogP contribution in [0.2, 0.25) is 0 Å². The molecule has 2 N–H and O–H groups in total. The number of halogens is 1. The molecule has 21 heavy (non-hydrogen) atoms. The van der Waals surface area contributed by atoms with Gasteiger partial charge in [0.15, 0.2) is 0 Å². The normalized spacial score (nSPS) is 22.6. The molecule has 110 valence electrons. The molecule has 0 amide bonds. The third-order valence-electron chi connectivity index (χ3n) is 4.38. The van der Waals surface area contributed by atoms with E-state index in [9.17, 15) is 4.39 Å². The molecular weight excluding hydrogens is 263 g/mol. The largest absolute Gasteiger partial charge is 0.399 e. The van der Waals surface area contributed by atoms with E-state index in [4.69, 9.17) is 5.73 Å². The molecule has 2 atom stereocenters. The van der Waals surface area contributed by atoms with Gasteiger partial charge in [-0.25, -0.2) is 4.39 Å². The summed E-state index contributed by atoms with van der Waals surface area (Å²) in [7, 11) is 0. The Labute approximate surface area is 125 Å². The fraction of sp³-hybridized carbons (Fsp3) is 0.333. The monoisotopic (exact) mass is 284 g/mol. The van der Waals surface area contributed by atoms with Crippen LogP contribution in [-0.4, -0.2) is 17.5 Å². The summed E-state index contributed by atoms with van der Waals surface area (Å²) in [4.78, 5) is 2.47. The van der Waals surface area contributed by atoms with Gasteiger partial charge in [0.25, 0.3) is 0 Å². The maximum atomic E-state index is 13.0. The molecule has 3 heteroatoms. The van der Waals surface area contributed by atoms with E-state index in [2.05, 4.69) is 17.9 Å². The van der Waals surface area contributed by atoms with E-state index in [-0.39, 0.29) is 5.82 Å². The van der Waals surface area contributed by atoms with Gasteiger partial charge in [-0.1, -0.05) is 24.3 Å². The standard InChI is InChI=1S/C18H21FN2/c1-13-9-16(15-5-7-17(19)8-6-15)12-21(13)11-14-3-2-4-18(20)10-14/h2-8,10,13,16H,9,11-12,20H2,1H3. The van der Waals surface area contributed by atoms with Crippen molar-refractivity contribution < 1.29 is 4.39 Å². The lowest BCUT2D eigenvalue weighted by Crippen LogP contribution is -2.26. The van der Waals surface area contributed by atoms with Gasteiger partial charge in [0, 0.05) is 24.8 Å². The second kappa shape index (κ2) is 5.86. The summed E-state index contributed by atoms with van der Waals surface area (Å²) < 4.78 is 13.0. The minimum Gasteiger partial charge on any atom is -0.399 e. The van der Waals surface area contributed by atoms with Crippen molar-refractivity contribution in [2.24, 2.45) is 0 Å². The molecule has 2 unspecified atom stereocenters. The van der Waals surface area contributed by atoms with Crippen LogP contribution in [0.25, 0.3) is 0 Å². The molecule has 0 aromatic heterocycles. The van der Waals surface area contributed by atoms with E-state index < -0.39 is 0 Å². The second-order valence-electron chi connectivity index (χ2n) is 6.01. The summed E-state index contributed by atoms with van der Waals surface area (Å²) in [5.74, 6) is 0.322. The molecule has 2 aromatic rings. The summed E-state index contributed by atoms with van der Waals surface area (Å²) in [6.07, 6.45) is 1.12. The average molecular weight is 284 g/mol. The highest BCUT2D eigenvalue weighted by Crippen LogP contribution is 2.32. The number of hydrogen-bond acceptors (Lipinski definition) is 2. The van der Waals surface area contributed by atoms with E-state index in [1.807, 2.05) is 30.3 Å². The van der Waals surface area contributed by atoms with Crippen molar-refractivity contribution in [3.8, 4) is 0 Å². The van der Waals surface area contributed by atoms with Crippen molar-refractivity contribution in [1.82, 2.24) is 4.90 Å². The Bertz CT molecular complexity index is 609. The van der Waals surface area contributed by atoms with Gasteiger partial charge in [0.2, 0.25) is 0 Å². The minimum absolute atomic E-state index is 0.165. The molecule has 1 aliphatic rings. The number of anilines is 1. The Morgan fingerprint density at radius 1 is 1.19 bits per heavy atom. The molecule has 0 saturated carbocycles. The van der Waals surface area contributed by atoms with Crippen LogP contribution in [-0.2, 0) is 6.54 Å². The Morgan fingerprint density at radius 2 is 1.95 bits per heavy atom. The zero-order valence-corrected chi connectivity index (χ0v) is 12.3. The zero-order valence-electron chi connectivity index (χ0n) is 12.3. The summed E-state index contributed by atoms with van der Waals surface area (Å²) in [5.41, 5.74) is 9.15. The van der Waals surface area contributed by atoms with Crippen molar-refractivity contribution in [1.29, 1.82) is 0 Å². The molecule has 1 aliphatic heterocycles. The number of nitrogens with two attached hydrogens (primary N) is 1. The smallest absolute Gasteiger partial charge is 0.123 e. The van der Waals surface area contributed by atoms with Gasteiger partial charge in [-0.3, -0.25) is 4.90 Å². The number of nitrogens with zero attached hydrogens (tertiary/aromatic N) is 1. The van der Waals surface area contributed by atoms with Gasteiger partial charge in [0.1, 0.15) is 5.82 Å². The average Bonchev–Trinajstić information content (AvgIpc) is 2.81. The SMILES string of the molecule is CC1CC(c2ccc(F)cc2)CN1Cc1cccc(N)c1. The third-order valence-corrected chi connectivity index (χ3v) is 4.38. The van der Waals surface area contributed by atoms with Crippen LogP contribution in [0.1, 0.15) is 30.4 Å². The fourth-order valence-electron chi connectivity index (χ4n) is 3.22. The molecule has 0 bridgehead atoms. The molecule has 3 rings (SSSR count). The van der Waals surface area contributed by atoms with E-state index in [1.165, 1.54) is 11.1 Å². The number of benzene rings is 2. The molecule has 2 aromatic carbocycles. The van der Waals surface area contributed by atoms with Crippen molar-refractivity contribution in [3.63, 3.8) is 0 Å². The molecule has 0 aliphatic carbocycles. The Hall–Kier alpha value is -1.87. The van der Waals surface area contributed by atoms with Crippen LogP contribution in [0.4, 0.5) is 10.1 Å². The highest BCUT2D eigenvalue weighted by atomic mass is 19.1. The Balaban J connectivity index is 1.70. The molecular formula is C18H21FN2. The molecule has 0 radical (unpaired) electrons. The molecule has 1 saturated heterocycles. The first kappa shape index (κ1) is 14.1. The van der Waals surface area contributed by atoms with Crippen molar-refractivity contribution in [3.05, 3.63) is 65.5 Å². The minimum atomic E-state index is -0.165. The second-order valence-corrected chi connectivity index (χ2v) is 6.01. The Kier molecular flexibility index (Phi) is 3.93. The quantitative estimate of drug-likeness (QED) is 0.869. The maximum Gasteiger partial charge on any atom is 0.123 e. The van der Waals surface area contributed by atoms with E-state index >= 15 is 0 Å². The Morgan fingerprint density at radius 3 is 2.67 bits per heavy atom. The van der Waals surface area contributed by atoms with Gasteiger partial charge in [-0.05, 0) is 54.7 Å². The third kappa shape index (κ3) is 3.24. The van der Waals surface area contributed by atoms with Crippen LogP contribution in [0.15, 0.2) is 48.5 Å². The topological polar surface area (TPSA) is 29.3 Å². The van der Waals surface area contributed by atoms with Crippen molar-refractivity contribution in [2.75, 3.05) is 12.3 Å². The number of rotatable bonds is 3. The molecule has 0 spiro atoms. The van der Waals surface area contributed by atoms with E-state index in [0.29, 0.717) is 12.0 Å². The number of hydrogen-bond donors (Lipinski definition) is 1. The zero-order chi connectivity index (χ0) is 14.8. The van der Waals surface area contributed by atoms with Gasteiger partial charge in [-0.2, -0.15) is 0 Å². The lowest BCUT2D eigenvalue weighted by molar-refractivity contribution is 0.259. The molecule has 1 fully saturated rings. The summed E-state index contributed by atoms with van der Waals surface area (Å²) >= 11 is 0. The van der Waals surface area contributed by atoms with Gasteiger partial charge in [0.05, 0.1) is 0 Å². The fourth-order valence-corrected chi connectivity index (χ4v) is 3.22. The van der Waals surface area contributed by atoms with Gasteiger partial charge < -0.3 is 5.73 Å². The van der Waals surface area contributed by atoms with Gasteiger partial charge >= 0.3 is 0 Å². The predicted molar refractivity (Wildman–Crippen MR) is 84.5 cm³/mol. The highest BCUT2D eigenvalue weighted by Gasteiger charge is 2.29. The lowest BCUT2D eigenvalue weighted by atomic mass is 9.97. The first-order chi connectivity index (χ1) is 10.1. The maximum absolute atomic E-state index is 13.0. The predicted octanol–water partition coefficient (Wildman–Crippen LogP) is 3.79.